The molecular weight excluding hydrogens is 395 g/mol. The third-order valence-electron chi connectivity index (χ3n) is 4.71. The van der Waals surface area contributed by atoms with E-state index in [1.165, 1.54) is 18.2 Å². The third-order valence-corrected chi connectivity index (χ3v) is 6.45. The van der Waals surface area contributed by atoms with E-state index < -0.39 is 15.7 Å². The standard InChI is InChI=1S/C20H31FN4O3S/c1-2-22-20(23-12-8-15-25-14-7-3-4-11-19(25)26)24-13-16-29(27,28)18-10-6-5-9-17(18)21/h5-6,9-10H,2-4,7-8,11-16H2,1H3,(H2,22,23,24). The number of likely N-dealkylation sites (tertiary alicyclic amines) is 1. The smallest absolute Gasteiger partial charge is 0.222 e. The molecule has 0 aromatic heterocycles. The van der Waals surface area contributed by atoms with Gasteiger partial charge in [-0.15, -0.1) is 0 Å². The highest BCUT2D eigenvalue weighted by Crippen LogP contribution is 2.14. The zero-order valence-electron chi connectivity index (χ0n) is 17.0. The zero-order valence-corrected chi connectivity index (χ0v) is 17.8. The molecule has 1 heterocycles. The molecule has 1 aliphatic heterocycles. The van der Waals surface area contributed by atoms with Crippen molar-refractivity contribution in [3.05, 3.63) is 30.1 Å². The van der Waals surface area contributed by atoms with Crippen molar-refractivity contribution in [3.8, 4) is 0 Å². The predicted molar refractivity (Wildman–Crippen MR) is 112 cm³/mol. The normalized spacial score (nSPS) is 15.9. The van der Waals surface area contributed by atoms with Gasteiger partial charge in [0.05, 0.1) is 5.75 Å². The van der Waals surface area contributed by atoms with Gasteiger partial charge in [-0.05, 0) is 38.3 Å². The van der Waals surface area contributed by atoms with Gasteiger partial charge < -0.3 is 15.5 Å². The van der Waals surface area contributed by atoms with Crippen LogP contribution >= 0.6 is 0 Å². The second-order valence-corrected chi connectivity index (χ2v) is 9.06. The molecule has 9 heteroatoms. The van der Waals surface area contributed by atoms with Gasteiger partial charge in [0.1, 0.15) is 10.7 Å². The molecule has 1 aromatic rings. The molecule has 2 N–H and O–H groups in total. The van der Waals surface area contributed by atoms with E-state index in [1.807, 2.05) is 11.8 Å². The summed E-state index contributed by atoms with van der Waals surface area (Å²) >= 11 is 0. The number of carbonyl (C=O) groups is 1. The van der Waals surface area contributed by atoms with E-state index in [1.54, 1.807) is 0 Å². The lowest BCUT2D eigenvalue weighted by Crippen LogP contribution is -2.40. The molecule has 1 amide bonds. The van der Waals surface area contributed by atoms with Crippen LogP contribution in [0, 0.1) is 5.82 Å². The van der Waals surface area contributed by atoms with Crippen molar-refractivity contribution >= 4 is 21.7 Å². The van der Waals surface area contributed by atoms with Gasteiger partial charge >= 0.3 is 0 Å². The Balaban J connectivity index is 1.81. The molecule has 0 atom stereocenters. The lowest BCUT2D eigenvalue weighted by molar-refractivity contribution is -0.130. The van der Waals surface area contributed by atoms with Crippen LogP contribution in [-0.4, -0.2) is 63.7 Å². The van der Waals surface area contributed by atoms with E-state index >= 15 is 0 Å². The van der Waals surface area contributed by atoms with Crippen molar-refractivity contribution in [1.82, 2.24) is 15.5 Å². The van der Waals surface area contributed by atoms with Crippen molar-refractivity contribution in [1.29, 1.82) is 0 Å². The van der Waals surface area contributed by atoms with Gasteiger partial charge in [0.25, 0.3) is 0 Å². The first-order valence-electron chi connectivity index (χ1n) is 10.2. The molecule has 0 bridgehead atoms. The summed E-state index contributed by atoms with van der Waals surface area (Å²) in [5.74, 6) is -0.245. The number of rotatable bonds is 9. The Bertz CT molecular complexity index is 799. The molecule has 1 saturated heterocycles. The maximum Gasteiger partial charge on any atom is 0.222 e. The van der Waals surface area contributed by atoms with Crippen LogP contribution in [-0.2, 0) is 14.6 Å². The highest BCUT2D eigenvalue weighted by Gasteiger charge is 2.18. The second-order valence-electron chi connectivity index (χ2n) is 6.98. The Hall–Kier alpha value is -2.16. The number of aliphatic imine (C=N–C) groups is 1. The number of nitrogens with zero attached hydrogens (tertiary/aromatic N) is 2. The zero-order chi connectivity index (χ0) is 21.1. The van der Waals surface area contributed by atoms with Crippen molar-refractivity contribution in [3.63, 3.8) is 0 Å². The van der Waals surface area contributed by atoms with Crippen molar-refractivity contribution in [2.75, 3.05) is 38.5 Å². The SMILES string of the molecule is CCNC(=NCCCN1CCCCCC1=O)NCCS(=O)(=O)c1ccccc1F. The van der Waals surface area contributed by atoms with Crippen molar-refractivity contribution < 1.29 is 17.6 Å². The van der Waals surface area contributed by atoms with Crippen LogP contribution < -0.4 is 10.6 Å². The molecule has 2 rings (SSSR count). The summed E-state index contributed by atoms with van der Waals surface area (Å²) in [4.78, 5) is 18.1. The first-order chi connectivity index (χ1) is 13.9. The predicted octanol–water partition coefficient (Wildman–Crippen LogP) is 1.95. The van der Waals surface area contributed by atoms with E-state index in [0.717, 1.165) is 38.3 Å². The summed E-state index contributed by atoms with van der Waals surface area (Å²) in [5, 5.41) is 6.05. The number of halogens is 1. The highest BCUT2D eigenvalue weighted by molar-refractivity contribution is 7.91. The molecule has 1 fully saturated rings. The van der Waals surface area contributed by atoms with Gasteiger partial charge in [0.15, 0.2) is 15.8 Å². The molecule has 0 saturated carbocycles. The molecule has 162 valence electrons. The molecule has 1 aromatic carbocycles. The first-order valence-corrected chi connectivity index (χ1v) is 11.9. The summed E-state index contributed by atoms with van der Waals surface area (Å²) in [6.45, 7) is 4.70. The number of nitrogens with one attached hydrogen (secondary N) is 2. The molecule has 29 heavy (non-hydrogen) atoms. The van der Waals surface area contributed by atoms with Gasteiger partial charge in [-0.1, -0.05) is 18.6 Å². The summed E-state index contributed by atoms with van der Waals surface area (Å²) < 4.78 is 38.4. The summed E-state index contributed by atoms with van der Waals surface area (Å²) in [6, 6.07) is 5.38. The summed E-state index contributed by atoms with van der Waals surface area (Å²) in [6.07, 6.45) is 4.50. The number of hydrogen-bond donors (Lipinski definition) is 2. The molecule has 1 aliphatic rings. The Morgan fingerprint density at radius 1 is 1.21 bits per heavy atom. The molecular formula is C20H31FN4O3S. The number of hydrogen-bond acceptors (Lipinski definition) is 4. The Morgan fingerprint density at radius 2 is 2.00 bits per heavy atom. The highest BCUT2D eigenvalue weighted by atomic mass is 32.2. The van der Waals surface area contributed by atoms with E-state index in [0.29, 0.717) is 32.0 Å². The number of carbonyl (C=O) groups excluding carboxylic acids is 1. The largest absolute Gasteiger partial charge is 0.357 e. The van der Waals surface area contributed by atoms with Gasteiger partial charge in [-0.2, -0.15) is 0 Å². The van der Waals surface area contributed by atoms with E-state index in [4.69, 9.17) is 0 Å². The first kappa shape index (κ1) is 23.1. The fourth-order valence-corrected chi connectivity index (χ4v) is 4.42. The molecule has 0 unspecified atom stereocenters. The second kappa shape index (κ2) is 11.7. The molecule has 0 spiro atoms. The topological polar surface area (TPSA) is 90.9 Å². The Morgan fingerprint density at radius 3 is 2.76 bits per heavy atom. The van der Waals surface area contributed by atoms with Gasteiger partial charge in [-0.3, -0.25) is 9.79 Å². The number of guanidine groups is 1. The average molecular weight is 427 g/mol. The minimum absolute atomic E-state index is 0.118. The quantitative estimate of drug-likeness (QED) is 0.358. The minimum atomic E-state index is -3.72. The maximum absolute atomic E-state index is 13.7. The molecule has 0 aliphatic carbocycles. The maximum atomic E-state index is 13.7. The van der Waals surface area contributed by atoms with Crippen molar-refractivity contribution in [2.24, 2.45) is 4.99 Å². The third kappa shape index (κ3) is 7.64. The number of amides is 1. The summed E-state index contributed by atoms with van der Waals surface area (Å²) in [5.41, 5.74) is 0. The van der Waals surface area contributed by atoms with Crippen LogP contribution in [0.15, 0.2) is 34.2 Å². The van der Waals surface area contributed by atoms with Crippen LogP contribution in [0.2, 0.25) is 0 Å². The van der Waals surface area contributed by atoms with E-state index in [9.17, 15) is 17.6 Å². The minimum Gasteiger partial charge on any atom is -0.357 e. The lowest BCUT2D eigenvalue weighted by Gasteiger charge is -2.20. The van der Waals surface area contributed by atoms with Crippen LogP contribution in [0.3, 0.4) is 0 Å². The molecule has 7 nitrogen and oxygen atoms in total. The monoisotopic (exact) mass is 426 g/mol. The van der Waals surface area contributed by atoms with Crippen LogP contribution in [0.25, 0.3) is 0 Å². The van der Waals surface area contributed by atoms with E-state index in [2.05, 4.69) is 15.6 Å². The number of sulfone groups is 1. The van der Waals surface area contributed by atoms with Crippen LogP contribution in [0.1, 0.15) is 39.0 Å². The fourth-order valence-electron chi connectivity index (χ4n) is 3.18. The van der Waals surface area contributed by atoms with Gasteiger partial charge in [0, 0.05) is 39.1 Å². The summed E-state index contributed by atoms with van der Waals surface area (Å²) in [7, 11) is -3.72. The van der Waals surface area contributed by atoms with Crippen LogP contribution in [0.5, 0.6) is 0 Å². The lowest BCUT2D eigenvalue weighted by atomic mass is 10.2. The van der Waals surface area contributed by atoms with Crippen molar-refractivity contribution in [2.45, 2.75) is 43.9 Å². The molecule has 0 radical (unpaired) electrons. The van der Waals surface area contributed by atoms with Crippen LogP contribution in [0.4, 0.5) is 4.39 Å². The average Bonchev–Trinajstić information content (AvgIpc) is 2.89. The Labute approximate surface area is 172 Å². The fraction of sp³-hybridized carbons (Fsp3) is 0.600. The van der Waals surface area contributed by atoms with E-state index in [-0.39, 0.29) is 23.1 Å². The number of benzene rings is 1. The Kier molecular flexibility index (Phi) is 9.37. The van der Waals surface area contributed by atoms with Gasteiger partial charge in [-0.25, -0.2) is 12.8 Å². The van der Waals surface area contributed by atoms with Gasteiger partial charge in [0.2, 0.25) is 5.91 Å².